The van der Waals surface area contributed by atoms with Crippen molar-refractivity contribution in [2.75, 3.05) is 5.73 Å². The number of fused-ring (bicyclic) bond motifs is 3. The van der Waals surface area contributed by atoms with Gasteiger partial charge < -0.3 is 21.7 Å². The average Bonchev–Trinajstić information content (AvgIpc) is 2.83. The zero-order chi connectivity index (χ0) is 27.8. The molecule has 2 aromatic rings. The number of nitrogens with two attached hydrogens (primary N) is 2. The largest absolute Gasteiger partial charge is 0.507 e. The topological polar surface area (TPSA) is 178 Å². The molecule has 0 aromatic heterocycles. The minimum atomic E-state index is -2.70. The van der Waals surface area contributed by atoms with E-state index in [1.165, 1.54) is 6.07 Å². The second-order valence-corrected chi connectivity index (χ2v) is 11.2. The number of carbonyl (C=O) groups excluding carboxylic acids is 5. The smallest absolute Gasteiger partial charge is 0.235 e. The van der Waals surface area contributed by atoms with E-state index in [2.05, 4.69) is 0 Å². The molecule has 198 valence electrons. The quantitative estimate of drug-likeness (QED) is 0.351. The Labute approximate surface area is 219 Å². The van der Waals surface area contributed by atoms with Gasteiger partial charge in [-0.05, 0) is 66.0 Å². The van der Waals surface area contributed by atoms with E-state index < -0.39 is 70.1 Å². The molecule has 6 atom stereocenters. The molecule has 2 saturated carbocycles. The molecule has 6 N–H and O–H groups in total. The Hall–Kier alpha value is -3.85. The maximum absolute atomic E-state index is 13.9. The van der Waals surface area contributed by atoms with Crippen LogP contribution in [0.25, 0.3) is 11.1 Å². The van der Waals surface area contributed by atoms with Gasteiger partial charge in [-0.2, -0.15) is 0 Å². The van der Waals surface area contributed by atoms with Crippen molar-refractivity contribution in [3.8, 4) is 16.9 Å². The Morgan fingerprint density at radius 2 is 1.76 bits per heavy atom. The Bertz CT molecular complexity index is 1440. The number of hydrogen-bond donors (Lipinski definition) is 4. The molecular weight excluding hydrogens is 488 g/mol. The van der Waals surface area contributed by atoms with Gasteiger partial charge >= 0.3 is 0 Å². The molecule has 0 bridgehead atoms. The van der Waals surface area contributed by atoms with Crippen LogP contribution in [0.2, 0.25) is 0 Å². The van der Waals surface area contributed by atoms with Crippen LogP contribution in [0.1, 0.15) is 41.8 Å². The Morgan fingerprint density at radius 1 is 1.08 bits per heavy atom. The Balaban J connectivity index is 1.66. The van der Waals surface area contributed by atoms with Gasteiger partial charge in [-0.1, -0.05) is 32.0 Å². The van der Waals surface area contributed by atoms with E-state index in [0.717, 1.165) is 11.1 Å². The zero-order valence-corrected chi connectivity index (χ0v) is 21.4. The fraction of sp³-hybridized carbons (Fsp3) is 0.414. The minimum absolute atomic E-state index is 0.0367. The third kappa shape index (κ3) is 3.37. The Kier molecular flexibility index (Phi) is 5.83. The average molecular weight is 519 g/mol. The number of rotatable bonds is 3. The normalized spacial score (nSPS) is 30.6. The highest BCUT2D eigenvalue weighted by Gasteiger charge is 2.69. The van der Waals surface area contributed by atoms with Crippen LogP contribution in [0.4, 0.5) is 5.69 Å². The third-order valence-corrected chi connectivity index (χ3v) is 8.79. The summed E-state index contributed by atoms with van der Waals surface area (Å²) in [5.41, 5.74) is 12.1. The summed E-state index contributed by atoms with van der Waals surface area (Å²) in [6.45, 7) is 5.30. The number of phenols is 1. The molecule has 1 amide bonds. The lowest BCUT2D eigenvalue weighted by Gasteiger charge is -2.52. The molecule has 0 spiro atoms. The Morgan fingerprint density at radius 3 is 2.37 bits per heavy atom. The van der Waals surface area contributed by atoms with Crippen LogP contribution in [0.15, 0.2) is 30.3 Å². The first-order valence-corrected chi connectivity index (χ1v) is 12.7. The van der Waals surface area contributed by atoms with Gasteiger partial charge in [0.05, 0.1) is 11.5 Å². The first-order chi connectivity index (χ1) is 17.8. The van der Waals surface area contributed by atoms with Crippen molar-refractivity contribution in [1.82, 2.24) is 0 Å². The van der Waals surface area contributed by atoms with Crippen LogP contribution in [0.5, 0.6) is 5.75 Å². The van der Waals surface area contributed by atoms with E-state index in [1.54, 1.807) is 26.0 Å². The van der Waals surface area contributed by atoms with Crippen LogP contribution in [0, 0.1) is 42.4 Å². The number of aromatic hydroxyl groups is 1. The number of ketones is 4. The van der Waals surface area contributed by atoms with E-state index in [0.29, 0.717) is 16.8 Å². The van der Waals surface area contributed by atoms with Gasteiger partial charge in [-0.25, -0.2) is 0 Å². The van der Waals surface area contributed by atoms with Gasteiger partial charge in [0, 0.05) is 17.5 Å². The van der Waals surface area contributed by atoms with E-state index >= 15 is 0 Å². The van der Waals surface area contributed by atoms with Gasteiger partial charge in [-0.3, -0.25) is 24.0 Å². The molecule has 2 aromatic carbocycles. The van der Waals surface area contributed by atoms with E-state index in [1.807, 2.05) is 19.1 Å². The number of Topliss-reactive ketones (excluding diaryl/α,β-unsaturated/α-hetero) is 4. The highest BCUT2D eigenvalue weighted by Crippen LogP contribution is 2.53. The number of aryl methyl sites for hydroxylation is 1. The number of amides is 1. The van der Waals surface area contributed by atoms with Gasteiger partial charge in [0.2, 0.25) is 5.91 Å². The lowest BCUT2D eigenvalue weighted by atomic mass is 9.49. The van der Waals surface area contributed by atoms with Crippen LogP contribution < -0.4 is 11.5 Å². The van der Waals surface area contributed by atoms with Crippen LogP contribution in [-0.4, -0.2) is 44.9 Å². The predicted octanol–water partition coefficient (Wildman–Crippen LogP) is 1.77. The lowest BCUT2D eigenvalue weighted by molar-refractivity contribution is -0.182. The highest BCUT2D eigenvalue weighted by atomic mass is 16.3. The molecule has 0 heterocycles. The van der Waals surface area contributed by atoms with E-state index in [4.69, 9.17) is 11.5 Å². The predicted molar refractivity (Wildman–Crippen MR) is 137 cm³/mol. The van der Waals surface area contributed by atoms with Crippen molar-refractivity contribution in [2.24, 2.45) is 41.2 Å². The standard InChI is InChI=1S/C29H30N2O7/c1-11(2)20-17-9-14-8-16-15(13-5-4-12(3)18(30)10-13)6-7-19(32)22(16)25(34)21(14)26(35)29(17,38)27(36)23(24(20)33)28(31)37/h4-7,10-11,14,17,20-21,23,32,38H,8-9,30H2,1-3H3,(H2,31,37)/t14-,17-,20-,21?,23?,29-/m0/s1. The van der Waals surface area contributed by atoms with E-state index in [-0.39, 0.29) is 24.2 Å². The maximum atomic E-state index is 13.9. The second-order valence-electron chi connectivity index (χ2n) is 11.2. The summed E-state index contributed by atoms with van der Waals surface area (Å²) < 4.78 is 0. The number of benzene rings is 2. The van der Waals surface area contributed by atoms with Crippen molar-refractivity contribution in [3.05, 3.63) is 47.0 Å². The van der Waals surface area contributed by atoms with Gasteiger partial charge in [-0.15, -0.1) is 0 Å². The van der Waals surface area contributed by atoms with Crippen molar-refractivity contribution >= 4 is 34.7 Å². The number of aliphatic hydroxyl groups is 1. The SMILES string of the molecule is Cc1ccc(-c2ccc(O)c3c2C[C@H]2C[C@H]4[C@H](C(C)C)C(=O)C(C(N)=O)C(=O)[C@@]4(O)C(=O)C2C3=O)cc1N. The fourth-order valence-corrected chi connectivity index (χ4v) is 6.93. The number of nitrogen functional groups attached to an aromatic ring is 1. The summed E-state index contributed by atoms with van der Waals surface area (Å²) in [6, 6.07) is 8.55. The molecule has 5 rings (SSSR count). The van der Waals surface area contributed by atoms with Crippen molar-refractivity contribution in [1.29, 1.82) is 0 Å². The zero-order valence-electron chi connectivity index (χ0n) is 21.4. The molecule has 9 heteroatoms. The summed E-state index contributed by atoms with van der Waals surface area (Å²) in [5, 5.41) is 22.4. The maximum Gasteiger partial charge on any atom is 0.235 e. The second kappa shape index (κ2) is 8.59. The molecule has 0 radical (unpaired) electrons. The number of phenolic OH excluding ortho intramolecular Hbond substituents is 1. The highest BCUT2D eigenvalue weighted by molar-refractivity contribution is 6.32. The first-order valence-electron chi connectivity index (χ1n) is 12.7. The monoisotopic (exact) mass is 518 g/mol. The summed E-state index contributed by atoms with van der Waals surface area (Å²) in [6.07, 6.45) is 0.239. The summed E-state index contributed by atoms with van der Waals surface area (Å²) in [5.74, 6) is -11.7. The van der Waals surface area contributed by atoms with E-state index in [9.17, 15) is 34.2 Å². The third-order valence-electron chi connectivity index (χ3n) is 8.79. The van der Waals surface area contributed by atoms with Crippen molar-refractivity contribution < 1.29 is 34.2 Å². The van der Waals surface area contributed by atoms with Gasteiger partial charge in [0.1, 0.15) is 5.75 Å². The fourth-order valence-electron chi connectivity index (χ4n) is 6.93. The number of carbonyl (C=O) groups is 5. The summed E-state index contributed by atoms with van der Waals surface area (Å²) in [4.78, 5) is 66.4. The minimum Gasteiger partial charge on any atom is -0.507 e. The molecule has 3 aliphatic carbocycles. The molecule has 9 nitrogen and oxygen atoms in total. The van der Waals surface area contributed by atoms with Crippen molar-refractivity contribution in [2.45, 2.75) is 39.2 Å². The molecule has 38 heavy (non-hydrogen) atoms. The number of hydrogen-bond acceptors (Lipinski definition) is 8. The lowest BCUT2D eigenvalue weighted by Crippen LogP contribution is -2.71. The van der Waals surface area contributed by atoms with Crippen LogP contribution in [-0.2, 0) is 25.6 Å². The van der Waals surface area contributed by atoms with Crippen molar-refractivity contribution in [3.63, 3.8) is 0 Å². The molecule has 2 unspecified atom stereocenters. The summed E-state index contributed by atoms with van der Waals surface area (Å²) >= 11 is 0. The van der Waals surface area contributed by atoms with Gasteiger partial charge in [0.15, 0.2) is 34.7 Å². The molecular formula is C29H30N2O7. The van der Waals surface area contributed by atoms with Gasteiger partial charge in [0.25, 0.3) is 0 Å². The molecule has 0 aliphatic heterocycles. The van der Waals surface area contributed by atoms with Crippen LogP contribution in [0.3, 0.4) is 0 Å². The summed E-state index contributed by atoms with van der Waals surface area (Å²) in [7, 11) is 0. The number of anilines is 1. The first kappa shape index (κ1) is 25.8. The van der Waals surface area contributed by atoms with Crippen LogP contribution >= 0.6 is 0 Å². The molecule has 0 saturated heterocycles. The molecule has 3 aliphatic rings. The molecule has 2 fully saturated rings. The number of primary amides is 1.